The van der Waals surface area contributed by atoms with E-state index in [1.54, 1.807) is 48.5 Å². The van der Waals surface area contributed by atoms with Crippen LogP contribution in [0.4, 0.5) is 40.7 Å². The van der Waals surface area contributed by atoms with Crippen LogP contribution in [0.1, 0.15) is 5.56 Å². The number of amides is 2. The highest BCUT2D eigenvalue weighted by molar-refractivity contribution is 6.07. The zero-order valence-electron chi connectivity index (χ0n) is 14.1. The molecule has 0 aliphatic carbocycles. The summed E-state index contributed by atoms with van der Waals surface area (Å²) in [6, 6.07) is 19.4. The van der Waals surface area contributed by atoms with Crippen molar-refractivity contribution in [1.82, 2.24) is 0 Å². The van der Waals surface area contributed by atoms with Crippen LogP contribution in [0.25, 0.3) is 0 Å². The molecule has 3 rings (SSSR count). The summed E-state index contributed by atoms with van der Waals surface area (Å²) in [5.74, 6) is 0. The van der Waals surface area contributed by atoms with Crippen LogP contribution in [0, 0.1) is 0 Å². The Bertz CT molecular complexity index is 908. The predicted octanol–water partition coefficient (Wildman–Crippen LogP) is 5.66. The summed E-state index contributed by atoms with van der Waals surface area (Å²) in [4.78, 5) is 14.3. The van der Waals surface area contributed by atoms with E-state index in [0.29, 0.717) is 17.1 Å². The average molecular weight is 371 g/mol. The van der Waals surface area contributed by atoms with Crippen LogP contribution in [0.3, 0.4) is 0 Å². The lowest BCUT2D eigenvalue weighted by Crippen LogP contribution is -2.30. The van der Waals surface area contributed by atoms with Crippen molar-refractivity contribution in [3.05, 3.63) is 84.4 Å². The third-order valence-electron chi connectivity index (χ3n) is 3.83. The lowest BCUT2D eigenvalue weighted by molar-refractivity contribution is -0.137. The maximum absolute atomic E-state index is 12.8. The number of carbonyl (C=O) groups excluding carboxylic acids is 1. The molecule has 7 heteroatoms. The number of hydrogen-bond donors (Lipinski definition) is 2. The molecule has 0 aromatic heterocycles. The summed E-state index contributed by atoms with van der Waals surface area (Å²) < 4.78 is 38.0. The van der Waals surface area contributed by atoms with E-state index in [2.05, 4.69) is 5.32 Å². The Balaban J connectivity index is 1.88. The number of halogens is 3. The van der Waals surface area contributed by atoms with Gasteiger partial charge in [-0.2, -0.15) is 13.2 Å². The van der Waals surface area contributed by atoms with Gasteiger partial charge in [0.1, 0.15) is 0 Å². The van der Waals surface area contributed by atoms with Crippen LogP contribution in [0.15, 0.2) is 78.9 Å². The molecule has 0 bridgehead atoms. The number of urea groups is 1. The first-order valence-corrected chi connectivity index (χ1v) is 8.03. The van der Waals surface area contributed by atoms with Gasteiger partial charge in [0.15, 0.2) is 0 Å². The van der Waals surface area contributed by atoms with Gasteiger partial charge in [-0.1, -0.05) is 18.2 Å². The van der Waals surface area contributed by atoms with Crippen LogP contribution in [0.2, 0.25) is 0 Å². The molecule has 0 spiro atoms. The number of alkyl halides is 3. The van der Waals surface area contributed by atoms with Crippen molar-refractivity contribution in [2.75, 3.05) is 16.0 Å². The number of nitrogen functional groups attached to an aromatic ring is 1. The molecule has 3 aromatic rings. The largest absolute Gasteiger partial charge is 0.416 e. The van der Waals surface area contributed by atoms with E-state index in [9.17, 15) is 18.0 Å². The van der Waals surface area contributed by atoms with E-state index in [1.165, 1.54) is 17.0 Å². The van der Waals surface area contributed by atoms with Gasteiger partial charge in [-0.05, 0) is 60.7 Å². The molecule has 138 valence electrons. The molecule has 2 amide bonds. The first-order chi connectivity index (χ1) is 12.8. The van der Waals surface area contributed by atoms with Gasteiger partial charge in [-0.25, -0.2) is 4.79 Å². The van der Waals surface area contributed by atoms with Crippen molar-refractivity contribution in [1.29, 1.82) is 0 Å². The Kier molecular flexibility index (Phi) is 5.03. The normalized spacial score (nSPS) is 11.1. The quantitative estimate of drug-likeness (QED) is 0.584. The van der Waals surface area contributed by atoms with Crippen molar-refractivity contribution in [3.8, 4) is 0 Å². The van der Waals surface area contributed by atoms with Gasteiger partial charge in [-0.3, -0.25) is 4.90 Å². The number of hydrogen-bond acceptors (Lipinski definition) is 2. The summed E-state index contributed by atoms with van der Waals surface area (Å²) in [6.07, 6.45) is -4.43. The maximum Gasteiger partial charge on any atom is 0.416 e. The Hall–Kier alpha value is -3.48. The fourth-order valence-corrected chi connectivity index (χ4v) is 2.51. The first kappa shape index (κ1) is 18.3. The van der Waals surface area contributed by atoms with Gasteiger partial charge in [0.2, 0.25) is 0 Å². The lowest BCUT2D eigenvalue weighted by atomic mass is 10.2. The number of nitrogens with two attached hydrogens (primary N) is 1. The summed E-state index contributed by atoms with van der Waals surface area (Å²) >= 11 is 0. The highest BCUT2D eigenvalue weighted by Crippen LogP contribution is 2.31. The SMILES string of the molecule is Nc1ccc(N(C(=O)Nc2ccc(C(F)(F)F)cc2)c2ccccc2)cc1. The Morgan fingerprint density at radius 2 is 1.37 bits per heavy atom. The topological polar surface area (TPSA) is 58.4 Å². The molecule has 0 aliphatic rings. The number of para-hydroxylation sites is 1. The molecule has 0 fully saturated rings. The van der Waals surface area contributed by atoms with Gasteiger partial charge in [-0.15, -0.1) is 0 Å². The maximum atomic E-state index is 12.8. The van der Waals surface area contributed by atoms with Crippen molar-refractivity contribution in [2.45, 2.75) is 6.18 Å². The highest BCUT2D eigenvalue weighted by atomic mass is 19.4. The second kappa shape index (κ2) is 7.41. The van der Waals surface area contributed by atoms with Crippen molar-refractivity contribution < 1.29 is 18.0 Å². The molecular formula is C20H16F3N3O. The molecule has 0 radical (unpaired) electrons. The molecular weight excluding hydrogens is 355 g/mol. The number of nitrogens with one attached hydrogen (secondary N) is 1. The number of carbonyl (C=O) groups is 1. The van der Waals surface area contributed by atoms with Crippen molar-refractivity contribution >= 4 is 28.8 Å². The number of nitrogens with zero attached hydrogens (tertiary/aromatic N) is 1. The minimum Gasteiger partial charge on any atom is -0.399 e. The zero-order chi connectivity index (χ0) is 19.4. The summed E-state index contributed by atoms with van der Waals surface area (Å²) in [5, 5.41) is 2.62. The van der Waals surface area contributed by atoms with Gasteiger partial charge in [0.05, 0.1) is 16.9 Å². The smallest absolute Gasteiger partial charge is 0.399 e. The van der Waals surface area contributed by atoms with Crippen LogP contribution >= 0.6 is 0 Å². The van der Waals surface area contributed by atoms with E-state index in [0.717, 1.165) is 12.1 Å². The van der Waals surface area contributed by atoms with Gasteiger partial charge in [0, 0.05) is 11.4 Å². The second-order valence-electron chi connectivity index (χ2n) is 5.77. The molecule has 27 heavy (non-hydrogen) atoms. The Labute approximate surface area is 154 Å². The van der Waals surface area contributed by atoms with E-state index >= 15 is 0 Å². The minimum absolute atomic E-state index is 0.254. The summed E-state index contributed by atoms with van der Waals surface area (Å²) in [5.41, 5.74) is 6.90. The predicted molar refractivity (Wildman–Crippen MR) is 99.9 cm³/mol. The van der Waals surface area contributed by atoms with Crippen LogP contribution < -0.4 is 16.0 Å². The molecule has 4 nitrogen and oxygen atoms in total. The van der Waals surface area contributed by atoms with E-state index in [1.807, 2.05) is 6.07 Å². The zero-order valence-corrected chi connectivity index (χ0v) is 14.1. The fraction of sp³-hybridized carbons (Fsp3) is 0.0500. The first-order valence-electron chi connectivity index (χ1n) is 8.03. The standard InChI is InChI=1S/C20H16F3N3O/c21-20(22,23)14-6-10-16(11-7-14)25-19(27)26(17-4-2-1-3-5-17)18-12-8-15(24)9-13-18/h1-13H,24H2,(H,25,27). The molecule has 0 aliphatic heterocycles. The highest BCUT2D eigenvalue weighted by Gasteiger charge is 2.30. The van der Waals surface area contributed by atoms with Crippen molar-refractivity contribution in [3.63, 3.8) is 0 Å². The third-order valence-corrected chi connectivity index (χ3v) is 3.83. The molecule has 0 atom stereocenters. The molecule has 3 aromatic carbocycles. The molecule has 0 unspecified atom stereocenters. The summed E-state index contributed by atoms with van der Waals surface area (Å²) in [6.45, 7) is 0. The van der Waals surface area contributed by atoms with Crippen LogP contribution in [0.5, 0.6) is 0 Å². The second-order valence-corrected chi connectivity index (χ2v) is 5.77. The van der Waals surface area contributed by atoms with Gasteiger partial charge >= 0.3 is 12.2 Å². The van der Waals surface area contributed by atoms with Crippen LogP contribution in [-0.4, -0.2) is 6.03 Å². The molecule has 3 N–H and O–H groups in total. The fourth-order valence-electron chi connectivity index (χ4n) is 2.51. The summed E-state index contributed by atoms with van der Waals surface area (Å²) in [7, 11) is 0. The Morgan fingerprint density at radius 1 is 0.815 bits per heavy atom. The monoisotopic (exact) mass is 371 g/mol. The lowest BCUT2D eigenvalue weighted by Gasteiger charge is -2.23. The van der Waals surface area contributed by atoms with E-state index in [-0.39, 0.29) is 5.69 Å². The van der Waals surface area contributed by atoms with Crippen LogP contribution in [-0.2, 0) is 6.18 Å². The molecule has 0 saturated carbocycles. The van der Waals surface area contributed by atoms with Gasteiger partial charge < -0.3 is 11.1 Å². The van der Waals surface area contributed by atoms with E-state index in [4.69, 9.17) is 5.73 Å². The average Bonchev–Trinajstić information content (AvgIpc) is 2.64. The number of benzene rings is 3. The number of anilines is 4. The van der Waals surface area contributed by atoms with Crippen molar-refractivity contribution in [2.24, 2.45) is 0 Å². The Morgan fingerprint density at radius 3 is 1.93 bits per heavy atom. The molecule has 0 heterocycles. The third kappa shape index (κ3) is 4.38. The molecule has 0 saturated heterocycles. The van der Waals surface area contributed by atoms with Gasteiger partial charge in [0.25, 0.3) is 0 Å². The number of rotatable bonds is 3. The van der Waals surface area contributed by atoms with E-state index < -0.39 is 17.8 Å². The minimum atomic E-state index is -4.43.